The first-order valence-corrected chi connectivity index (χ1v) is 16.0. The van der Waals surface area contributed by atoms with E-state index >= 15 is 0 Å². The van der Waals surface area contributed by atoms with E-state index in [1.54, 1.807) is 11.8 Å². The van der Waals surface area contributed by atoms with E-state index in [-0.39, 0.29) is 49.7 Å². The number of ether oxygens (including phenoxy) is 3. The molecule has 41 heavy (non-hydrogen) atoms. The number of nitrogens with zero attached hydrogens (tertiary/aromatic N) is 4. The Labute approximate surface area is 243 Å². The van der Waals surface area contributed by atoms with Gasteiger partial charge in [0.1, 0.15) is 5.75 Å². The highest BCUT2D eigenvalue weighted by Crippen LogP contribution is 2.33. The van der Waals surface area contributed by atoms with Crippen LogP contribution in [0.5, 0.6) is 5.75 Å². The Bertz CT molecular complexity index is 1480. The molecule has 2 aromatic carbocycles. The summed E-state index contributed by atoms with van der Waals surface area (Å²) in [6.45, 7) is 6.31. The van der Waals surface area contributed by atoms with Gasteiger partial charge in [0.15, 0.2) is 5.13 Å². The maximum atomic E-state index is 13.8. The number of hydrogen-bond acceptors (Lipinski definition) is 9. The summed E-state index contributed by atoms with van der Waals surface area (Å²) in [7, 11) is -3.80. The van der Waals surface area contributed by atoms with Gasteiger partial charge in [-0.2, -0.15) is 4.31 Å². The number of carbonyl (C=O) groups is 2. The molecule has 1 aromatic heterocycles. The first kappa shape index (κ1) is 29.2. The second-order valence-corrected chi connectivity index (χ2v) is 12.7. The zero-order valence-corrected chi connectivity index (χ0v) is 24.8. The second-order valence-electron chi connectivity index (χ2n) is 9.72. The van der Waals surface area contributed by atoms with E-state index < -0.39 is 16.1 Å². The molecule has 0 N–H and O–H groups in total. The number of thiazole rings is 1. The molecule has 2 amide bonds. The minimum absolute atomic E-state index is 0.0905. The lowest BCUT2D eigenvalue weighted by Crippen LogP contribution is -2.50. The average molecular weight is 603 g/mol. The number of carbonyl (C=O) groups excluding carboxylic acids is 2. The summed E-state index contributed by atoms with van der Waals surface area (Å²) >= 11 is 1.40. The normalized spacial score (nSPS) is 18.0. The van der Waals surface area contributed by atoms with Crippen LogP contribution in [0, 0.1) is 0 Å². The summed E-state index contributed by atoms with van der Waals surface area (Å²) in [6.07, 6.45) is 1.25. The van der Waals surface area contributed by atoms with E-state index in [0.29, 0.717) is 30.5 Å². The van der Waals surface area contributed by atoms with Crippen LogP contribution in [0.3, 0.4) is 0 Å². The van der Waals surface area contributed by atoms with Gasteiger partial charge in [-0.3, -0.25) is 9.69 Å². The number of rotatable bonds is 9. The lowest BCUT2D eigenvalue weighted by Gasteiger charge is -2.33. The van der Waals surface area contributed by atoms with Crippen LogP contribution in [0.25, 0.3) is 10.2 Å². The summed E-state index contributed by atoms with van der Waals surface area (Å²) in [4.78, 5) is 33.7. The molecule has 13 heteroatoms. The Kier molecular flexibility index (Phi) is 9.07. The summed E-state index contributed by atoms with van der Waals surface area (Å²) in [5, 5.41) is 0.547. The fraction of sp³-hybridized carbons (Fsp3) is 0.464. The van der Waals surface area contributed by atoms with Gasteiger partial charge >= 0.3 is 6.09 Å². The molecule has 5 rings (SSSR count). The van der Waals surface area contributed by atoms with Gasteiger partial charge in [0.25, 0.3) is 5.91 Å². The van der Waals surface area contributed by atoms with Crippen molar-refractivity contribution in [1.29, 1.82) is 0 Å². The largest absolute Gasteiger partial charge is 0.494 e. The molecule has 0 saturated carbocycles. The van der Waals surface area contributed by atoms with Crippen LogP contribution in [0.1, 0.15) is 37.0 Å². The zero-order valence-electron chi connectivity index (χ0n) is 23.2. The number of amides is 2. The smallest absolute Gasteiger partial charge is 0.409 e. The van der Waals surface area contributed by atoms with Crippen molar-refractivity contribution in [2.45, 2.75) is 37.7 Å². The van der Waals surface area contributed by atoms with Crippen LogP contribution in [-0.4, -0.2) is 93.3 Å². The molecule has 1 unspecified atom stereocenters. The van der Waals surface area contributed by atoms with Crippen LogP contribution in [-0.2, 0) is 19.5 Å². The Balaban J connectivity index is 1.34. The third kappa shape index (κ3) is 6.48. The van der Waals surface area contributed by atoms with Crippen LogP contribution in [0.4, 0.5) is 9.93 Å². The first-order chi connectivity index (χ1) is 19.8. The molecular formula is C28H34N4O7S2. The number of fused-ring (bicyclic) bond motifs is 1. The highest BCUT2D eigenvalue weighted by molar-refractivity contribution is 7.89. The van der Waals surface area contributed by atoms with Crippen molar-refractivity contribution in [2.75, 3.05) is 57.4 Å². The molecule has 2 aliphatic rings. The quantitative estimate of drug-likeness (QED) is 0.361. The van der Waals surface area contributed by atoms with E-state index in [4.69, 9.17) is 19.2 Å². The number of hydrogen-bond donors (Lipinski definition) is 0. The van der Waals surface area contributed by atoms with Gasteiger partial charge < -0.3 is 19.1 Å². The predicted molar refractivity (Wildman–Crippen MR) is 155 cm³/mol. The van der Waals surface area contributed by atoms with Crippen molar-refractivity contribution in [3.05, 3.63) is 48.0 Å². The number of aromatic nitrogens is 1. The van der Waals surface area contributed by atoms with Gasteiger partial charge in [0.2, 0.25) is 10.0 Å². The SMILES string of the molecule is CCOC(=O)N1CCN(S(=O)(=O)c2ccc(C(=O)N(CC3CCCO3)c3nc4ccc(OCC)cc4s3)cc2)CC1. The van der Waals surface area contributed by atoms with Crippen molar-refractivity contribution in [2.24, 2.45) is 0 Å². The molecule has 3 heterocycles. The first-order valence-electron chi connectivity index (χ1n) is 13.8. The van der Waals surface area contributed by atoms with Crippen LogP contribution in [0.2, 0.25) is 0 Å². The van der Waals surface area contributed by atoms with E-state index in [1.165, 1.54) is 44.8 Å². The number of piperazine rings is 1. The summed E-state index contributed by atoms with van der Waals surface area (Å²) in [6, 6.07) is 11.6. The molecule has 2 fully saturated rings. The minimum atomic E-state index is -3.80. The van der Waals surface area contributed by atoms with Crippen LogP contribution < -0.4 is 9.64 Å². The number of sulfonamides is 1. The molecule has 0 bridgehead atoms. The molecule has 0 spiro atoms. The highest BCUT2D eigenvalue weighted by atomic mass is 32.2. The molecule has 1 atom stereocenters. The summed E-state index contributed by atoms with van der Waals surface area (Å²) in [5.74, 6) is 0.461. The number of anilines is 1. The zero-order chi connectivity index (χ0) is 29.0. The van der Waals surface area contributed by atoms with Crippen LogP contribution >= 0.6 is 11.3 Å². The lowest BCUT2D eigenvalue weighted by molar-refractivity contribution is 0.0916. The molecule has 2 aliphatic heterocycles. The van der Waals surface area contributed by atoms with Gasteiger partial charge in [0, 0.05) is 38.3 Å². The standard InChI is InChI=1S/C28H34N4O7S2/c1-3-37-21-9-12-24-25(18-21)40-27(29-24)32(19-22-6-5-17-39-22)26(33)20-7-10-23(11-8-20)41(35,36)31-15-13-30(14-16-31)28(34)38-4-2/h7-12,18,22H,3-6,13-17,19H2,1-2H3. The molecule has 11 nitrogen and oxygen atoms in total. The van der Waals surface area contributed by atoms with Crippen molar-refractivity contribution in [3.63, 3.8) is 0 Å². The molecule has 3 aromatic rings. The molecular weight excluding hydrogens is 568 g/mol. The second kappa shape index (κ2) is 12.7. The maximum Gasteiger partial charge on any atom is 0.409 e. The van der Waals surface area contributed by atoms with Gasteiger partial charge in [-0.05, 0) is 69.2 Å². The third-order valence-electron chi connectivity index (χ3n) is 7.05. The average Bonchev–Trinajstić information content (AvgIpc) is 3.66. The van der Waals surface area contributed by atoms with E-state index in [2.05, 4.69) is 0 Å². The van der Waals surface area contributed by atoms with Crippen molar-refractivity contribution in [1.82, 2.24) is 14.2 Å². The topological polar surface area (TPSA) is 119 Å². The van der Waals surface area contributed by atoms with Crippen molar-refractivity contribution >= 4 is 48.7 Å². The van der Waals surface area contributed by atoms with E-state index in [1.807, 2.05) is 25.1 Å². The fourth-order valence-electron chi connectivity index (χ4n) is 4.90. The summed E-state index contributed by atoms with van der Waals surface area (Å²) in [5.41, 5.74) is 1.12. The maximum absolute atomic E-state index is 13.8. The van der Waals surface area contributed by atoms with Crippen molar-refractivity contribution in [3.8, 4) is 5.75 Å². The van der Waals surface area contributed by atoms with E-state index in [0.717, 1.165) is 28.8 Å². The van der Waals surface area contributed by atoms with Crippen LogP contribution in [0.15, 0.2) is 47.4 Å². The highest BCUT2D eigenvalue weighted by Gasteiger charge is 2.32. The minimum Gasteiger partial charge on any atom is -0.494 e. The Morgan fingerprint density at radius 1 is 1.07 bits per heavy atom. The Morgan fingerprint density at radius 2 is 1.83 bits per heavy atom. The predicted octanol–water partition coefficient (Wildman–Crippen LogP) is 3.98. The molecule has 220 valence electrons. The van der Waals surface area contributed by atoms with Gasteiger partial charge in [0.05, 0.1) is 41.0 Å². The van der Waals surface area contributed by atoms with Gasteiger partial charge in [-0.1, -0.05) is 11.3 Å². The van der Waals surface area contributed by atoms with E-state index in [9.17, 15) is 18.0 Å². The van der Waals surface area contributed by atoms with Gasteiger partial charge in [-0.15, -0.1) is 0 Å². The van der Waals surface area contributed by atoms with Crippen molar-refractivity contribution < 1.29 is 32.2 Å². The molecule has 0 aliphatic carbocycles. The van der Waals surface area contributed by atoms with Gasteiger partial charge in [-0.25, -0.2) is 18.2 Å². The summed E-state index contributed by atoms with van der Waals surface area (Å²) < 4.78 is 45.3. The fourth-order valence-corrected chi connectivity index (χ4v) is 7.33. The Hall–Kier alpha value is -3.26. The lowest BCUT2D eigenvalue weighted by atomic mass is 10.2. The molecule has 0 radical (unpaired) electrons. The third-order valence-corrected chi connectivity index (χ3v) is 10.0. The number of benzene rings is 2. The Morgan fingerprint density at radius 3 is 2.49 bits per heavy atom. The monoisotopic (exact) mass is 602 g/mol. The molecule has 2 saturated heterocycles.